The van der Waals surface area contributed by atoms with E-state index >= 15 is 0 Å². The molecule has 2 atom stereocenters. The van der Waals surface area contributed by atoms with Gasteiger partial charge in [0, 0.05) is 6.04 Å². The van der Waals surface area contributed by atoms with Crippen LogP contribution in [0.4, 0.5) is 0 Å². The SMILES string of the molecule is Cc1cc(C(C)(C)C)ccc1OC1CCC(N)C1. The third-order valence-corrected chi connectivity index (χ3v) is 3.76. The van der Waals surface area contributed by atoms with Crippen LogP contribution in [-0.4, -0.2) is 12.1 Å². The van der Waals surface area contributed by atoms with Gasteiger partial charge in [-0.3, -0.25) is 0 Å². The molecule has 0 aromatic heterocycles. The molecule has 0 aliphatic heterocycles. The average Bonchev–Trinajstić information content (AvgIpc) is 2.65. The molecule has 100 valence electrons. The van der Waals surface area contributed by atoms with Crippen LogP contribution in [0.25, 0.3) is 0 Å². The van der Waals surface area contributed by atoms with Crippen LogP contribution in [0, 0.1) is 6.92 Å². The van der Waals surface area contributed by atoms with Crippen LogP contribution in [0.5, 0.6) is 5.75 Å². The summed E-state index contributed by atoms with van der Waals surface area (Å²) in [5.74, 6) is 1.02. The first-order valence-electron chi connectivity index (χ1n) is 6.89. The Balaban J connectivity index is 2.10. The summed E-state index contributed by atoms with van der Waals surface area (Å²) in [6.45, 7) is 8.83. The molecule has 2 unspecified atom stereocenters. The molecule has 2 nitrogen and oxygen atoms in total. The number of ether oxygens (including phenoxy) is 1. The molecule has 1 aromatic rings. The van der Waals surface area contributed by atoms with E-state index in [4.69, 9.17) is 10.5 Å². The number of nitrogens with two attached hydrogens (primary N) is 1. The summed E-state index contributed by atoms with van der Waals surface area (Å²) in [5.41, 5.74) is 8.69. The van der Waals surface area contributed by atoms with Crippen molar-refractivity contribution in [3.05, 3.63) is 29.3 Å². The van der Waals surface area contributed by atoms with Gasteiger partial charge >= 0.3 is 0 Å². The van der Waals surface area contributed by atoms with Gasteiger partial charge in [0.25, 0.3) is 0 Å². The van der Waals surface area contributed by atoms with Gasteiger partial charge in [-0.2, -0.15) is 0 Å². The Morgan fingerprint density at radius 3 is 2.44 bits per heavy atom. The molecule has 2 N–H and O–H groups in total. The summed E-state index contributed by atoms with van der Waals surface area (Å²) in [6.07, 6.45) is 3.46. The molecule has 1 aliphatic rings. The number of rotatable bonds is 2. The molecule has 1 fully saturated rings. The van der Waals surface area contributed by atoms with E-state index in [9.17, 15) is 0 Å². The Bertz CT molecular complexity index is 420. The van der Waals surface area contributed by atoms with E-state index in [0.29, 0.717) is 12.1 Å². The van der Waals surface area contributed by atoms with Gasteiger partial charge in [0.1, 0.15) is 11.9 Å². The minimum absolute atomic E-state index is 0.193. The van der Waals surface area contributed by atoms with Gasteiger partial charge in [-0.25, -0.2) is 0 Å². The molecule has 18 heavy (non-hydrogen) atoms. The number of benzene rings is 1. The quantitative estimate of drug-likeness (QED) is 0.867. The van der Waals surface area contributed by atoms with E-state index in [2.05, 4.69) is 45.9 Å². The van der Waals surface area contributed by atoms with Crippen molar-refractivity contribution in [1.82, 2.24) is 0 Å². The van der Waals surface area contributed by atoms with Crippen molar-refractivity contribution in [2.45, 2.75) is 64.5 Å². The molecule has 0 heterocycles. The molecule has 0 amide bonds. The maximum atomic E-state index is 6.06. The molecular formula is C16H25NO. The Labute approximate surface area is 111 Å². The number of hydrogen-bond donors (Lipinski definition) is 1. The number of hydrogen-bond acceptors (Lipinski definition) is 2. The zero-order chi connectivity index (χ0) is 13.3. The van der Waals surface area contributed by atoms with Crippen LogP contribution in [0.2, 0.25) is 0 Å². The van der Waals surface area contributed by atoms with Crippen LogP contribution < -0.4 is 10.5 Å². The maximum absolute atomic E-state index is 6.06. The Morgan fingerprint density at radius 1 is 1.22 bits per heavy atom. The highest BCUT2D eigenvalue weighted by molar-refractivity contribution is 5.38. The lowest BCUT2D eigenvalue weighted by atomic mass is 9.86. The molecule has 0 radical (unpaired) electrons. The summed E-state index contributed by atoms with van der Waals surface area (Å²) in [5, 5.41) is 0. The first-order chi connectivity index (χ1) is 8.36. The minimum atomic E-state index is 0.193. The van der Waals surface area contributed by atoms with E-state index in [1.807, 2.05) is 0 Å². The zero-order valence-electron chi connectivity index (χ0n) is 12.0. The zero-order valence-corrected chi connectivity index (χ0v) is 12.0. The predicted octanol–water partition coefficient (Wildman–Crippen LogP) is 3.55. The molecule has 2 heteroatoms. The van der Waals surface area contributed by atoms with Gasteiger partial charge in [0.05, 0.1) is 0 Å². The van der Waals surface area contributed by atoms with Crippen LogP contribution in [0.1, 0.15) is 51.2 Å². The second-order valence-electron chi connectivity index (χ2n) is 6.54. The molecule has 1 aliphatic carbocycles. The maximum Gasteiger partial charge on any atom is 0.122 e. The van der Waals surface area contributed by atoms with E-state index in [-0.39, 0.29) is 5.41 Å². The van der Waals surface area contributed by atoms with Crippen molar-refractivity contribution in [3.8, 4) is 5.75 Å². The van der Waals surface area contributed by atoms with Gasteiger partial charge < -0.3 is 10.5 Å². The summed E-state index contributed by atoms with van der Waals surface area (Å²) in [4.78, 5) is 0. The van der Waals surface area contributed by atoms with Gasteiger partial charge in [0.2, 0.25) is 0 Å². The van der Waals surface area contributed by atoms with Crippen molar-refractivity contribution in [2.24, 2.45) is 5.73 Å². The van der Waals surface area contributed by atoms with Crippen molar-refractivity contribution in [1.29, 1.82) is 0 Å². The Morgan fingerprint density at radius 2 is 1.94 bits per heavy atom. The van der Waals surface area contributed by atoms with Crippen molar-refractivity contribution in [3.63, 3.8) is 0 Å². The first kappa shape index (κ1) is 13.4. The summed E-state index contributed by atoms with van der Waals surface area (Å²) < 4.78 is 6.06. The largest absolute Gasteiger partial charge is 0.490 e. The molecule has 2 rings (SSSR count). The smallest absolute Gasteiger partial charge is 0.122 e. The second-order valence-corrected chi connectivity index (χ2v) is 6.54. The van der Waals surface area contributed by atoms with Gasteiger partial charge in [0.15, 0.2) is 0 Å². The monoisotopic (exact) mass is 247 g/mol. The number of aryl methyl sites for hydroxylation is 1. The topological polar surface area (TPSA) is 35.2 Å². The standard InChI is InChI=1S/C16H25NO/c1-11-9-12(16(2,3)4)5-8-15(11)18-14-7-6-13(17)10-14/h5,8-9,13-14H,6-7,10,17H2,1-4H3. The van der Waals surface area contributed by atoms with Gasteiger partial charge in [-0.1, -0.05) is 32.9 Å². The summed E-state index contributed by atoms with van der Waals surface area (Å²) in [6, 6.07) is 6.85. The molecule has 1 saturated carbocycles. The van der Waals surface area contributed by atoms with Crippen LogP contribution >= 0.6 is 0 Å². The highest BCUT2D eigenvalue weighted by Gasteiger charge is 2.24. The van der Waals surface area contributed by atoms with Gasteiger partial charge in [-0.15, -0.1) is 0 Å². The normalized spacial score (nSPS) is 24.3. The highest BCUT2D eigenvalue weighted by Crippen LogP contribution is 2.30. The lowest BCUT2D eigenvalue weighted by Crippen LogP contribution is -2.19. The molecule has 1 aromatic carbocycles. The van der Waals surface area contributed by atoms with E-state index in [1.165, 1.54) is 11.1 Å². The fourth-order valence-corrected chi connectivity index (χ4v) is 2.51. The molecular weight excluding hydrogens is 222 g/mol. The summed E-state index contributed by atoms with van der Waals surface area (Å²) >= 11 is 0. The minimum Gasteiger partial charge on any atom is -0.490 e. The Kier molecular flexibility index (Phi) is 3.67. The second kappa shape index (κ2) is 4.93. The third kappa shape index (κ3) is 3.05. The van der Waals surface area contributed by atoms with E-state index in [0.717, 1.165) is 25.0 Å². The van der Waals surface area contributed by atoms with E-state index in [1.54, 1.807) is 0 Å². The van der Waals surface area contributed by atoms with E-state index < -0.39 is 0 Å². The van der Waals surface area contributed by atoms with Crippen molar-refractivity contribution < 1.29 is 4.74 Å². The van der Waals surface area contributed by atoms with Crippen LogP contribution in [0.15, 0.2) is 18.2 Å². The Hall–Kier alpha value is -1.02. The molecule has 0 saturated heterocycles. The van der Waals surface area contributed by atoms with Crippen molar-refractivity contribution >= 4 is 0 Å². The average molecular weight is 247 g/mol. The molecule has 0 spiro atoms. The van der Waals surface area contributed by atoms with Crippen molar-refractivity contribution in [2.75, 3.05) is 0 Å². The van der Waals surface area contributed by atoms with Gasteiger partial charge in [-0.05, 0) is 48.8 Å². The van der Waals surface area contributed by atoms with Crippen LogP contribution in [-0.2, 0) is 5.41 Å². The first-order valence-corrected chi connectivity index (χ1v) is 6.89. The lowest BCUT2D eigenvalue weighted by molar-refractivity contribution is 0.207. The lowest BCUT2D eigenvalue weighted by Gasteiger charge is -2.22. The fourth-order valence-electron chi connectivity index (χ4n) is 2.51. The molecule has 0 bridgehead atoms. The highest BCUT2D eigenvalue weighted by atomic mass is 16.5. The summed E-state index contributed by atoms with van der Waals surface area (Å²) in [7, 11) is 0. The predicted molar refractivity (Wildman–Crippen MR) is 76.1 cm³/mol. The fraction of sp³-hybridized carbons (Fsp3) is 0.625. The van der Waals surface area contributed by atoms with Crippen LogP contribution in [0.3, 0.4) is 0 Å². The third-order valence-electron chi connectivity index (χ3n) is 3.76.